The lowest BCUT2D eigenvalue weighted by Crippen LogP contribution is -2.59. The minimum absolute atomic E-state index is 0.541. The Labute approximate surface area is 139 Å². The lowest BCUT2D eigenvalue weighted by Gasteiger charge is -2.41. The molecule has 0 unspecified atom stereocenters. The highest BCUT2D eigenvalue weighted by Crippen LogP contribution is 2.27. The van der Waals surface area contributed by atoms with Gasteiger partial charge in [0.05, 0.1) is 19.8 Å². The van der Waals surface area contributed by atoms with Gasteiger partial charge >= 0.3 is 0 Å². The van der Waals surface area contributed by atoms with E-state index in [-0.39, 0.29) is 0 Å². The summed E-state index contributed by atoms with van der Waals surface area (Å²) < 4.78 is 15.8. The van der Waals surface area contributed by atoms with Gasteiger partial charge in [-0.1, -0.05) is 12.1 Å². The van der Waals surface area contributed by atoms with Crippen LogP contribution in [0.2, 0.25) is 0 Å². The Balaban J connectivity index is 2.02. The van der Waals surface area contributed by atoms with Gasteiger partial charge in [0.25, 0.3) is 0 Å². The van der Waals surface area contributed by atoms with Crippen LogP contribution in [-0.4, -0.2) is 76.1 Å². The molecule has 0 spiro atoms. The van der Waals surface area contributed by atoms with E-state index in [9.17, 15) is 20.4 Å². The summed E-state index contributed by atoms with van der Waals surface area (Å²) in [6.45, 7) is 1.04. The van der Waals surface area contributed by atoms with E-state index in [1.807, 2.05) is 0 Å². The highest BCUT2D eigenvalue weighted by molar-refractivity contribution is 5.28. The van der Waals surface area contributed by atoms with Crippen molar-refractivity contribution in [1.82, 2.24) is 0 Å². The van der Waals surface area contributed by atoms with Gasteiger partial charge in [0.2, 0.25) is 0 Å². The molecule has 8 nitrogen and oxygen atoms in total. The zero-order valence-electron chi connectivity index (χ0n) is 13.5. The monoisotopic (exact) mass is 344 g/mol. The van der Waals surface area contributed by atoms with E-state index >= 15 is 0 Å². The second-order valence-corrected chi connectivity index (χ2v) is 5.76. The second kappa shape index (κ2) is 8.21. The van der Waals surface area contributed by atoms with Crippen LogP contribution in [0, 0.1) is 0 Å². The van der Waals surface area contributed by atoms with Crippen molar-refractivity contribution in [2.24, 2.45) is 0 Å². The Morgan fingerprint density at radius 1 is 1.08 bits per heavy atom. The van der Waals surface area contributed by atoms with Crippen LogP contribution in [0.15, 0.2) is 24.3 Å². The largest absolute Gasteiger partial charge is 0.497 e. The highest BCUT2D eigenvalue weighted by Gasteiger charge is 2.44. The average Bonchev–Trinajstić information content (AvgIpc) is 2.61. The van der Waals surface area contributed by atoms with Crippen molar-refractivity contribution < 1.29 is 39.7 Å². The topological polar surface area (TPSA) is 129 Å². The first-order valence-corrected chi connectivity index (χ1v) is 7.67. The molecular formula is C16H24O8. The van der Waals surface area contributed by atoms with E-state index in [4.69, 9.17) is 19.3 Å². The Hall–Kier alpha value is -1.26. The minimum atomic E-state index is -1.52. The number of benzene rings is 1. The van der Waals surface area contributed by atoms with Crippen molar-refractivity contribution in [2.45, 2.75) is 49.8 Å². The molecule has 1 aromatic rings. The van der Waals surface area contributed by atoms with Crippen molar-refractivity contribution in [3.63, 3.8) is 0 Å². The maximum absolute atomic E-state index is 10.3. The van der Waals surface area contributed by atoms with Crippen LogP contribution in [0.25, 0.3) is 0 Å². The van der Waals surface area contributed by atoms with Crippen molar-refractivity contribution >= 4 is 0 Å². The number of aliphatic hydroxyl groups excluding tert-OH is 5. The molecule has 1 saturated heterocycles. The fraction of sp³-hybridized carbons (Fsp3) is 0.625. The first kappa shape index (κ1) is 19.1. The smallest absolute Gasteiger partial charge is 0.187 e. The first-order valence-electron chi connectivity index (χ1n) is 7.67. The summed E-state index contributed by atoms with van der Waals surface area (Å²) in [6, 6.07) is 6.74. The molecule has 7 atom stereocenters. The van der Waals surface area contributed by atoms with Gasteiger partial charge in [-0.05, 0) is 24.6 Å². The Morgan fingerprint density at radius 2 is 1.71 bits per heavy atom. The summed E-state index contributed by atoms with van der Waals surface area (Å²) in [4.78, 5) is 0. The fourth-order valence-corrected chi connectivity index (χ4v) is 2.54. The molecule has 8 heteroatoms. The molecule has 1 aliphatic heterocycles. The number of ether oxygens (including phenoxy) is 3. The number of hydrogen-bond acceptors (Lipinski definition) is 8. The summed E-state index contributed by atoms with van der Waals surface area (Å²) in [7, 11) is 1.54. The van der Waals surface area contributed by atoms with Gasteiger partial charge in [0.1, 0.15) is 36.3 Å². The SMILES string of the molecule is COc1ccc([C@@H](O)[C@H](C)O[C@H]2O[C@@H](CO)[C@@H](O)[C@@H](O)[C@@H]2O)cc1. The molecule has 5 N–H and O–H groups in total. The van der Waals surface area contributed by atoms with Crippen LogP contribution in [0.3, 0.4) is 0 Å². The maximum atomic E-state index is 10.3. The molecule has 0 aromatic heterocycles. The fourth-order valence-electron chi connectivity index (χ4n) is 2.54. The van der Waals surface area contributed by atoms with Crippen LogP contribution < -0.4 is 4.74 Å². The molecule has 0 saturated carbocycles. The molecule has 2 rings (SSSR count). The summed E-state index contributed by atoms with van der Waals surface area (Å²) in [5.41, 5.74) is 0.577. The van der Waals surface area contributed by atoms with Gasteiger partial charge in [-0.2, -0.15) is 0 Å². The van der Waals surface area contributed by atoms with Gasteiger partial charge in [-0.15, -0.1) is 0 Å². The third-order valence-electron chi connectivity index (χ3n) is 4.10. The lowest BCUT2D eigenvalue weighted by molar-refractivity contribution is -0.315. The minimum Gasteiger partial charge on any atom is -0.497 e. The maximum Gasteiger partial charge on any atom is 0.187 e. The van der Waals surface area contributed by atoms with E-state index in [0.717, 1.165) is 0 Å². The standard InChI is InChI=1S/C16H24O8/c1-8(12(18)9-3-5-10(22-2)6-4-9)23-16-15(21)14(20)13(19)11(7-17)24-16/h3-6,8,11-21H,7H2,1-2H3/t8-,11-,12-,13+,14+,15-,16-/m0/s1. The molecular weight excluding hydrogens is 320 g/mol. The zero-order valence-corrected chi connectivity index (χ0v) is 13.5. The van der Waals surface area contributed by atoms with Gasteiger partial charge in [-0.25, -0.2) is 0 Å². The van der Waals surface area contributed by atoms with Gasteiger partial charge in [0, 0.05) is 0 Å². The Morgan fingerprint density at radius 3 is 2.25 bits per heavy atom. The summed E-state index contributed by atoms with van der Waals surface area (Å²) in [6.07, 6.45) is -8.61. The van der Waals surface area contributed by atoms with Gasteiger partial charge < -0.3 is 39.7 Å². The van der Waals surface area contributed by atoms with Crippen LogP contribution >= 0.6 is 0 Å². The molecule has 0 radical (unpaired) electrons. The van der Waals surface area contributed by atoms with Crippen molar-refractivity contribution in [1.29, 1.82) is 0 Å². The number of aliphatic hydroxyl groups is 5. The van der Waals surface area contributed by atoms with Crippen LogP contribution in [0.5, 0.6) is 5.75 Å². The number of hydrogen-bond donors (Lipinski definition) is 5. The van der Waals surface area contributed by atoms with Crippen LogP contribution in [-0.2, 0) is 9.47 Å². The zero-order chi connectivity index (χ0) is 17.9. The molecule has 0 bridgehead atoms. The molecule has 136 valence electrons. The van der Waals surface area contributed by atoms with Crippen LogP contribution in [0.4, 0.5) is 0 Å². The van der Waals surface area contributed by atoms with Crippen LogP contribution in [0.1, 0.15) is 18.6 Å². The average molecular weight is 344 g/mol. The Bertz CT molecular complexity index is 505. The quantitative estimate of drug-likeness (QED) is 0.441. The van der Waals surface area contributed by atoms with Crippen molar-refractivity contribution in [2.75, 3.05) is 13.7 Å². The van der Waals surface area contributed by atoms with E-state index in [0.29, 0.717) is 11.3 Å². The number of rotatable bonds is 6. The van der Waals surface area contributed by atoms with E-state index in [1.54, 1.807) is 31.2 Å². The van der Waals surface area contributed by atoms with Crippen molar-refractivity contribution in [3.05, 3.63) is 29.8 Å². The highest BCUT2D eigenvalue weighted by atomic mass is 16.7. The summed E-state index contributed by atoms with van der Waals surface area (Å²) in [5, 5.41) is 48.9. The summed E-state index contributed by atoms with van der Waals surface area (Å²) in [5.74, 6) is 0.647. The molecule has 0 amide bonds. The predicted molar refractivity (Wildman–Crippen MR) is 82.3 cm³/mol. The first-order chi connectivity index (χ1) is 11.4. The molecule has 24 heavy (non-hydrogen) atoms. The summed E-state index contributed by atoms with van der Waals surface area (Å²) >= 11 is 0. The third-order valence-corrected chi connectivity index (χ3v) is 4.10. The van der Waals surface area contributed by atoms with Crippen molar-refractivity contribution in [3.8, 4) is 5.75 Å². The molecule has 1 heterocycles. The Kier molecular flexibility index (Phi) is 6.53. The predicted octanol–water partition coefficient (Wildman–Crippen LogP) is -1.07. The van der Waals surface area contributed by atoms with E-state index in [1.165, 1.54) is 7.11 Å². The normalized spacial score (nSPS) is 33.0. The van der Waals surface area contributed by atoms with Gasteiger partial charge in [-0.3, -0.25) is 0 Å². The van der Waals surface area contributed by atoms with E-state index < -0.39 is 49.5 Å². The molecule has 1 aliphatic rings. The molecule has 1 fully saturated rings. The lowest BCUT2D eigenvalue weighted by atomic mass is 9.99. The van der Waals surface area contributed by atoms with Gasteiger partial charge in [0.15, 0.2) is 6.29 Å². The third kappa shape index (κ3) is 4.04. The second-order valence-electron chi connectivity index (χ2n) is 5.76. The number of methoxy groups -OCH3 is 1. The molecule has 1 aromatic carbocycles. The molecule has 0 aliphatic carbocycles. The van der Waals surface area contributed by atoms with E-state index in [2.05, 4.69) is 0 Å².